The molecule has 0 atom stereocenters. The molecular formula is C15H16O4. The molecule has 2 aromatic carbocycles. The molecule has 0 saturated heterocycles. The number of aromatic hydroxyl groups is 2. The highest BCUT2D eigenvalue weighted by atomic mass is 16.5. The van der Waals surface area contributed by atoms with Gasteiger partial charge in [-0.15, -0.1) is 0 Å². The minimum atomic E-state index is -0.0479. The van der Waals surface area contributed by atoms with E-state index in [1.54, 1.807) is 20.1 Å². The van der Waals surface area contributed by atoms with Crippen LogP contribution in [0, 0.1) is 6.92 Å². The topological polar surface area (TPSA) is 58.9 Å². The molecule has 0 radical (unpaired) electrons. The molecule has 0 unspecified atom stereocenters. The summed E-state index contributed by atoms with van der Waals surface area (Å²) in [4.78, 5) is 0. The molecule has 0 aromatic heterocycles. The molecule has 0 bridgehead atoms. The van der Waals surface area contributed by atoms with Crippen LogP contribution in [0.2, 0.25) is 0 Å². The lowest BCUT2D eigenvalue weighted by molar-refractivity contribution is 0.368. The first-order valence-corrected chi connectivity index (χ1v) is 5.82. The number of hydrogen-bond acceptors (Lipinski definition) is 4. The van der Waals surface area contributed by atoms with E-state index in [4.69, 9.17) is 9.47 Å². The average molecular weight is 260 g/mol. The molecule has 0 heterocycles. The predicted octanol–water partition coefficient (Wildman–Crippen LogP) is 3.09. The number of methoxy groups -OCH3 is 2. The number of phenolic OH excluding ortho intramolecular Hbond substituents is 2. The van der Waals surface area contributed by atoms with Crippen molar-refractivity contribution in [2.75, 3.05) is 14.2 Å². The van der Waals surface area contributed by atoms with Crippen molar-refractivity contribution in [3.63, 3.8) is 0 Å². The van der Waals surface area contributed by atoms with Gasteiger partial charge in [-0.3, -0.25) is 0 Å². The summed E-state index contributed by atoms with van der Waals surface area (Å²) in [5.74, 6) is 1.07. The zero-order valence-electron chi connectivity index (χ0n) is 11.1. The summed E-state index contributed by atoms with van der Waals surface area (Å²) < 4.78 is 10.3. The maximum Gasteiger partial charge on any atom is 0.168 e. The third-order valence-corrected chi connectivity index (χ3v) is 3.09. The van der Waals surface area contributed by atoms with E-state index in [-0.39, 0.29) is 11.5 Å². The van der Waals surface area contributed by atoms with E-state index in [9.17, 15) is 10.2 Å². The summed E-state index contributed by atoms with van der Waals surface area (Å²) in [6.45, 7) is 1.63. The average Bonchev–Trinajstić information content (AvgIpc) is 2.44. The largest absolute Gasteiger partial charge is 0.508 e. The molecule has 19 heavy (non-hydrogen) atoms. The summed E-state index contributed by atoms with van der Waals surface area (Å²) >= 11 is 0. The van der Waals surface area contributed by atoms with Crippen molar-refractivity contribution >= 4 is 0 Å². The lowest BCUT2D eigenvalue weighted by Crippen LogP contribution is -1.91. The Hall–Kier alpha value is -2.36. The fourth-order valence-corrected chi connectivity index (χ4v) is 1.92. The van der Waals surface area contributed by atoms with Gasteiger partial charge >= 0.3 is 0 Å². The number of phenols is 2. The molecule has 4 heteroatoms. The third-order valence-electron chi connectivity index (χ3n) is 3.09. The Morgan fingerprint density at radius 3 is 2.11 bits per heavy atom. The second-order valence-electron chi connectivity index (χ2n) is 4.18. The van der Waals surface area contributed by atoms with Crippen LogP contribution in [0.3, 0.4) is 0 Å². The van der Waals surface area contributed by atoms with Gasteiger partial charge in [-0.1, -0.05) is 12.1 Å². The summed E-state index contributed by atoms with van der Waals surface area (Å²) in [6, 6.07) is 8.87. The Balaban J connectivity index is 2.60. The van der Waals surface area contributed by atoms with Crippen LogP contribution in [-0.4, -0.2) is 24.4 Å². The molecule has 2 N–H and O–H groups in total. The number of benzene rings is 2. The van der Waals surface area contributed by atoms with Crippen molar-refractivity contribution in [3.05, 3.63) is 35.9 Å². The molecule has 0 aliphatic rings. The Morgan fingerprint density at radius 1 is 0.947 bits per heavy atom. The molecule has 4 nitrogen and oxygen atoms in total. The van der Waals surface area contributed by atoms with E-state index in [2.05, 4.69) is 0 Å². The highest BCUT2D eigenvalue weighted by Gasteiger charge is 2.16. The molecule has 2 aromatic rings. The third kappa shape index (κ3) is 2.29. The number of ether oxygens (including phenoxy) is 2. The summed E-state index contributed by atoms with van der Waals surface area (Å²) in [7, 11) is 3.08. The first-order chi connectivity index (χ1) is 9.08. The first kappa shape index (κ1) is 13.1. The van der Waals surface area contributed by atoms with Gasteiger partial charge in [0, 0.05) is 11.1 Å². The van der Waals surface area contributed by atoms with Crippen LogP contribution in [0.15, 0.2) is 30.3 Å². The van der Waals surface area contributed by atoms with Gasteiger partial charge in [-0.2, -0.15) is 0 Å². The first-order valence-electron chi connectivity index (χ1n) is 5.82. The van der Waals surface area contributed by atoms with Crippen LogP contribution in [0.4, 0.5) is 0 Å². The molecule has 0 aliphatic carbocycles. The minimum Gasteiger partial charge on any atom is -0.508 e. The fourth-order valence-electron chi connectivity index (χ4n) is 1.92. The molecule has 0 amide bonds. The normalized spacial score (nSPS) is 10.3. The van der Waals surface area contributed by atoms with E-state index in [1.807, 2.05) is 24.3 Å². The maximum atomic E-state index is 10.0. The number of hydrogen-bond donors (Lipinski definition) is 2. The van der Waals surface area contributed by atoms with Crippen molar-refractivity contribution in [3.8, 4) is 34.1 Å². The van der Waals surface area contributed by atoms with Crippen molar-refractivity contribution in [2.24, 2.45) is 0 Å². The zero-order valence-corrected chi connectivity index (χ0v) is 11.1. The van der Waals surface area contributed by atoms with Crippen molar-refractivity contribution in [1.82, 2.24) is 0 Å². The van der Waals surface area contributed by atoms with Crippen LogP contribution in [-0.2, 0) is 0 Å². The van der Waals surface area contributed by atoms with E-state index in [0.29, 0.717) is 16.9 Å². The molecular weight excluding hydrogens is 244 g/mol. The summed E-state index contributed by atoms with van der Waals surface area (Å²) in [6.07, 6.45) is 0. The van der Waals surface area contributed by atoms with Crippen LogP contribution in [0.25, 0.3) is 11.1 Å². The van der Waals surface area contributed by atoms with E-state index < -0.39 is 0 Å². The summed E-state index contributed by atoms with van der Waals surface area (Å²) in [5, 5.41) is 19.8. The molecule has 0 fully saturated rings. The maximum absolute atomic E-state index is 10.0. The standard InChI is InChI=1S/C15H16O4/c1-9-13(16)8-12(15(19-3)14(9)17)10-4-6-11(18-2)7-5-10/h4-8,16-17H,1-3H3. The van der Waals surface area contributed by atoms with Gasteiger partial charge in [0.15, 0.2) is 11.5 Å². The number of rotatable bonds is 3. The highest BCUT2D eigenvalue weighted by molar-refractivity contribution is 5.77. The van der Waals surface area contributed by atoms with Gasteiger partial charge in [0.25, 0.3) is 0 Å². The Bertz CT molecular complexity index is 588. The Morgan fingerprint density at radius 2 is 1.58 bits per heavy atom. The molecule has 0 spiro atoms. The molecule has 2 rings (SSSR count). The van der Waals surface area contributed by atoms with Gasteiger partial charge in [0.05, 0.1) is 14.2 Å². The zero-order chi connectivity index (χ0) is 14.0. The lowest BCUT2D eigenvalue weighted by Gasteiger charge is -2.14. The van der Waals surface area contributed by atoms with Gasteiger partial charge in [0.2, 0.25) is 0 Å². The van der Waals surface area contributed by atoms with Gasteiger partial charge in [0.1, 0.15) is 11.5 Å². The minimum absolute atomic E-state index is 0.0316. The molecule has 100 valence electrons. The van der Waals surface area contributed by atoms with E-state index in [0.717, 1.165) is 11.3 Å². The van der Waals surface area contributed by atoms with Crippen molar-refractivity contribution in [1.29, 1.82) is 0 Å². The second kappa shape index (κ2) is 5.10. The lowest BCUT2D eigenvalue weighted by atomic mass is 10.0. The SMILES string of the molecule is COc1ccc(-c2cc(O)c(C)c(O)c2OC)cc1. The van der Waals surface area contributed by atoms with Crippen LogP contribution < -0.4 is 9.47 Å². The van der Waals surface area contributed by atoms with Gasteiger partial charge in [-0.25, -0.2) is 0 Å². The second-order valence-corrected chi connectivity index (χ2v) is 4.18. The van der Waals surface area contributed by atoms with Crippen molar-refractivity contribution < 1.29 is 19.7 Å². The smallest absolute Gasteiger partial charge is 0.168 e. The van der Waals surface area contributed by atoms with Gasteiger partial charge < -0.3 is 19.7 Å². The van der Waals surface area contributed by atoms with Crippen molar-refractivity contribution in [2.45, 2.75) is 6.92 Å². The predicted molar refractivity (Wildman–Crippen MR) is 73.0 cm³/mol. The fraction of sp³-hybridized carbons (Fsp3) is 0.200. The van der Waals surface area contributed by atoms with E-state index in [1.165, 1.54) is 7.11 Å². The monoisotopic (exact) mass is 260 g/mol. The summed E-state index contributed by atoms with van der Waals surface area (Å²) in [5.41, 5.74) is 1.85. The van der Waals surface area contributed by atoms with Crippen LogP contribution >= 0.6 is 0 Å². The van der Waals surface area contributed by atoms with Crippen LogP contribution in [0.1, 0.15) is 5.56 Å². The quantitative estimate of drug-likeness (QED) is 0.890. The van der Waals surface area contributed by atoms with Crippen LogP contribution in [0.5, 0.6) is 23.0 Å². The molecule has 0 saturated carbocycles. The van der Waals surface area contributed by atoms with Gasteiger partial charge in [-0.05, 0) is 30.7 Å². The van der Waals surface area contributed by atoms with E-state index >= 15 is 0 Å². The molecule has 0 aliphatic heterocycles. The highest BCUT2D eigenvalue weighted by Crippen LogP contribution is 2.43. The Labute approximate surface area is 111 Å². The Kier molecular flexibility index (Phi) is 3.51.